The zero-order valence-corrected chi connectivity index (χ0v) is 15.3. The van der Waals surface area contributed by atoms with Gasteiger partial charge in [0.15, 0.2) is 24.0 Å². The van der Waals surface area contributed by atoms with Crippen LogP contribution in [0.25, 0.3) is 10.8 Å². The maximum absolute atomic E-state index is 13.1. The standard InChI is InChI=1S/C22H17F2NO4/c23-18-9-8-16(10-19(18)24)20(26)13-29-22(28)12-25-21(27)11-15-6-3-5-14-4-1-2-7-17(14)15/h1-10H,11-13H2,(H,25,27). The van der Waals surface area contributed by atoms with Crippen molar-refractivity contribution in [2.24, 2.45) is 0 Å². The molecule has 3 rings (SSSR count). The van der Waals surface area contributed by atoms with E-state index in [1.165, 1.54) is 0 Å². The summed E-state index contributed by atoms with van der Waals surface area (Å²) in [5, 5.41) is 4.40. The van der Waals surface area contributed by atoms with Crippen LogP contribution in [0.2, 0.25) is 0 Å². The molecule has 0 unspecified atom stereocenters. The number of carbonyl (C=O) groups is 3. The fraction of sp³-hybridized carbons (Fsp3) is 0.136. The summed E-state index contributed by atoms with van der Waals surface area (Å²) in [6.07, 6.45) is 0.0857. The van der Waals surface area contributed by atoms with Gasteiger partial charge in [-0.25, -0.2) is 8.78 Å². The normalized spacial score (nSPS) is 10.6. The van der Waals surface area contributed by atoms with Gasteiger partial charge in [0.05, 0.1) is 6.42 Å². The number of hydrogen-bond donors (Lipinski definition) is 1. The first-order valence-corrected chi connectivity index (χ1v) is 8.81. The number of hydrogen-bond acceptors (Lipinski definition) is 4. The van der Waals surface area contributed by atoms with E-state index in [0.29, 0.717) is 0 Å². The van der Waals surface area contributed by atoms with Gasteiger partial charge >= 0.3 is 5.97 Å². The van der Waals surface area contributed by atoms with E-state index >= 15 is 0 Å². The summed E-state index contributed by atoms with van der Waals surface area (Å²) >= 11 is 0. The van der Waals surface area contributed by atoms with Crippen molar-refractivity contribution in [1.29, 1.82) is 0 Å². The Morgan fingerprint density at radius 1 is 0.897 bits per heavy atom. The van der Waals surface area contributed by atoms with E-state index in [-0.39, 0.29) is 17.9 Å². The van der Waals surface area contributed by atoms with Crippen LogP contribution >= 0.6 is 0 Å². The van der Waals surface area contributed by atoms with Crippen molar-refractivity contribution in [3.8, 4) is 0 Å². The first kappa shape index (κ1) is 20.1. The number of halogens is 2. The maximum Gasteiger partial charge on any atom is 0.325 e. The maximum atomic E-state index is 13.1. The van der Waals surface area contributed by atoms with Gasteiger partial charge in [-0.1, -0.05) is 42.5 Å². The molecule has 0 heterocycles. The van der Waals surface area contributed by atoms with Crippen molar-refractivity contribution < 1.29 is 27.9 Å². The SMILES string of the molecule is O=C(Cc1cccc2ccccc12)NCC(=O)OCC(=O)c1ccc(F)c(F)c1. The van der Waals surface area contributed by atoms with E-state index in [1.54, 1.807) is 0 Å². The molecule has 0 radical (unpaired) electrons. The Kier molecular flexibility index (Phi) is 6.29. The molecule has 0 saturated carbocycles. The number of benzene rings is 3. The largest absolute Gasteiger partial charge is 0.456 e. The fourth-order valence-electron chi connectivity index (χ4n) is 2.80. The Morgan fingerprint density at radius 2 is 1.66 bits per heavy atom. The molecular weight excluding hydrogens is 380 g/mol. The number of ketones is 1. The summed E-state index contributed by atoms with van der Waals surface area (Å²) in [5.74, 6) is -4.10. The van der Waals surface area contributed by atoms with Crippen molar-refractivity contribution in [1.82, 2.24) is 5.32 Å². The molecule has 0 aromatic heterocycles. The monoisotopic (exact) mass is 397 g/mol. The van der Waals surface area contributed by atoms with E-state index in [2.05, 4.69) is 5.32 Å². The second-order valence-corrected chi connectivity index (χ2v) is 6.30. The van der Waals surface area contributed by atoms with Gasteiger partial charge in [0.1, 0.15) is 6.54 Å². The molecule has 5 nitrogen and oxygen atoms in total. The first-order chi connectivity index (χ1) is 13.9. The van der Waals surface area contributed by atoms with Gasteiger partial charge in [-0.05, 0) is 34.5 Å². The highest BCUT2D eigenvalue weighted by atomic mass is 19.2. The van der Waals surface area contributed by atoms with Gasteiger partial charge in [-0.3, -0.25) is 14.4 Å². The molecule has 3 aromatic rings. The third-order valence-electron chi connectivity index (χ3n) is 4.27. The van der Waals surface area contributed by atoms with Gasteiger partial charge in [-0.15, -0.1) is 0 Å². The summed E-state index contributed by atoms with van der Waals surface area (Å²) < 4.78 is 30.8. The van der Waals surface area contributed by atoms with Crippen LogP contribution in [0.15, 0.2) is 60.7 Å². The molecule has 0 aliphatic rings. The molecule has 148 valence electrons. The zero-order valence-electron chi connectivity index (χ0n) is 15.3. The highest BCUT2D eigenvalue weighted by Gasteiger charge is 2.14. The van der Waals surface area contributed by atoms with Crippen LogP contribution in [0.5, 0.6) is 0 Å². The lowest BCUT2D eigenvalue weighted by Crippen LogP contribution is -2.32. The number of fused-ring (bicyclic) bond motifs is 1. The molecule has 3 aromatic carbocycles. The van der Waals surface area contributed by atoms with Gasteiger partial charge < -0.3 is 10.1 Å². The third-order valence-corrected chi connectivity index (χ3v) is 4.27. The van der Waals surface area contributed by atoms with E-state index in [0.717, 1.165) is 34.5 Å². The van der Waals surface area contributed by atoms with Crippen molar-refractivity contribution in [2.45, 2.75) is 6.42 Å². The number of nitrogens with one attached hydrogen (secondary N) is 1. The molecule has 0 saturated heterocycles. The molecule has 1 amide bonds. The molecule has 0 spiro atoms. The van der Waals surface area contributed by atoms with Crippen LogP contribution in [0.4, 0.5) is 8.78 Å². The molecule has 0 aliphatic heterocycles. The van der Waals surface area contributed by atoms with Crippen molar-refractivity contribution in [2.75, 3.05) is 13.2 Å². The van der Waals surface area contributed by atoms with Crippen LogP contribution in [0.1, 0.15) is 15.9 Å². The minimum atomic E-state index is -1.16. The Labute approximate surface area is 165 Å². The average molecular weight is 397 g/mol. The number of ether oxygens (including phenoxy) is 1. The molecule has 29 heavy (non-hydrogen) atoms. The summed E-state index contributed by atoms with van der Waals surface area (Å²) in [6.45, 7) is -1.04. The highest BCUT2D eigenvalue weighted by molar-refractivity contribution is 5.98. The molecule has 0 fully saturated rings. The predicted octanol–water partition coefficient (Wildman–Crippen LogP) is 3.20. The van der Waals surface area contributed by atoms with Crippen LogP contribution in [-0.4, -0.2) is 30.8 Å². The third kappa shape index (κ3) is 5.22. The minimum absolute atomic E-state index is 0.0857. The number of esters is 1. The molecular formula is C22H17F2NO4. The lowest BCUT2D eigenvalue weighted by atomic mass is 10.0. The fourth-order valence-corrected chi connectivity index (χ4v) is 2.80. The van der Waals surface area contributed by atoms with E-state index in [4.69, 9.17) is 4.74 Å². The van der Waals surface area contributed by atoms with Crippen molar-refractivity contribution in [3.63, 3.8) is 0 Å². The molecule has 0 aliphatic carbocycles. The zero-order chi connectivity index (χ0) is 20.8. The van der Waals surface area contributed by atoms with Crippen molar-refractivity contribution in [3.05, 3.63) is 83.4 Å². The summed E-state index contributed by atoms with van der Waals surface area (Å²) in [7, 11) is 0. The number of carbonyl (C=O) groups excluding carboxylic acids is 3. The number of Topliss-reactive ketones (excluding diaryl/α,β-unsaturated/α-hetero) is 1. The Balaban J connectivity index is 1.48. The van der Waals surface area contributed by atoms with Gasteiger partial charge in [0.25, 0.3) is 0 Å². The lowest BCUT2D eigenvalue weighted by Gasteiger charge is -2.08. The van der Waals surface area contributed by atoms with Crippen LogP contribution in [-0.2, 0) is 20.7 Å². The quantitative estimate of drug-likeness (QED) is 0.491. The van der Waals surface area contributed by atoms with Crippen LogP contribution in [0, 0.1) is 11.6 Å². The lowest BCUT2D eigenvalue weighted by molar-refractivity contribution is -0.142. The topological polar surface area (TPSA) is 72.5 Å². The molecule has 1 N–H and O–H groups in total. The molecule has 0 atom stereocenters. The van der Waals surface area contributed by atoms with Crippen molar-refractivity contribution >= 4 is 28.4 Å². The number of rotatable bonds is 7. The van der Waals surface area contributed by atoms with E-state index in [9.17, 15) is 23.2 Å². The minimum Gasteiger partial charge on any atom is -0.456 e. The van der Waals surface area contributed by atoms with E-state index < -0.39 is 36.5 Å². The Bertz CT molecular complexity index is 1080. The van der Waals surface area contributed by atoms with Crippen LogP contribution in [0.3, 0.4) is 0 Å². The Hall–Kier alpha value is -3.61. The van der Waals surface area contributed by atoms with Crippen LogP contribution < -0.4 is 5.32 Å². The average Bonchev–Trinajstić information content (AvgIpc) is 2.72. The van der Waals surface area contributed by atoms with E-state index in [1.807, 2.05) is 42.5 Å². The molecule has 0 bridgehead atoms. The molecule has 7 heteroatoms. The second kappa shape index (κ2) is 9.05. The van der Waals surface area contributed by atoms with Gasteiger partial charge in [0, 0.05) is 5.56 Å². The first-order valence-electron chi connectivity index (χ1n) is 8.81. The smallest absolute Gasteiger partial charge is 0.325 e. The predicted molar refractivity (Wildman–Crippen MR) is 102 cm³/mol. The summed E-state index contributed by atoms with van der Waals surface area (Å²) in [5.41, 5.74) is 0.708. The second-order valence-electron chi connectivity index (χ2n) is 6.30. The highest BCUT2D eigenvalue weighted by Crippen LogP contribution is 2.18. The van der Waals surface area contributed by atoms with Gasteiger partial charge in [0.2, 0.25) is 5.91 Å². The summed E-state index contributed by atoms with van der Waals surface area (Å²) in [6, 6.07) is 15.9. The summed E-state index contributed by atoms with van der Waals surface area (Å²) in [4.78, 5) is 35.7. The van der Waals surface area contributed by atoms with Gasteiger partial charge in [-0.2, -0.15) is 0 Å². The number of amides is 1. The Morgan fingerprint density at radius 3 is 2.45 bits per heavy atom.